The van der Waals surface area contributed by atoms with Crippen molar-refractivity contribution in [3.05, 3.63) is 0 Å². The second-order valence-corrected chi connectivity index (χ2v) is 3.59. The molecule has 1 heterocycles. The third-order valence-corrected chi connectivity index (χ3v) is 2.25. The molecule has 82 valence electrons. The van der Waals surface area contributed by atoms with Crippen LogP contribution >= 0.6 is 0 Å². The Morgan fingerprint density at radius 1 is 1.29 bits per heavy atom. The number of carbonyl (C=O) groups excluding carboxylic acids is 1. The number of hydrogen-bond donors (Lipinski definition) is 0. The fraction of sp³-hybridized carbons (Fsp3) is 0.889. The summed E-state index contributed by atoms with van der Waals surface area (Å²) in [4.78, 5) is 11.0. The van der Waals surface area contributed by atoms with Gasteiger partial charge in [0.15, 0.2) is 0 Å². The van der Waals surface area contributed by atoms with E-state index in [-0.39, 0.29) is 12.3 Å². The lowest BCUT2D eigenvalue weighted by atomic mass is 9.93. The van der Waals surface area contributed by atoms with E-state index in [0.717, 1.165) is 0 Å². The second kappa shape index (κ2) is 4.77. The van der Waals surface area contributed by atoms with Gasteiger partial charge < -0.3 is 4.74 Å². The van der Waals surface area contributed by atoms with Crippen molar-refractivity contribution in [1.82, 2.24) is 0 Å². The van der Waals surface area contributed by atoms with Crippen molar-refractivity contribution in [1.29, 1.82) is 0 Å². The molecule has 0 spiro atoms. The van der Waals surface area contributed by atoms with Crippen LogP contribution in [0.5, 0.6) is 0 Å². The van der Waals surface area contributed by atoms with Crippen LogP contribution in [0.4, 0.5) is 13.2 Å². The first-order valence-electron chi connectivity index (χ1n) is 4.63. The number of ketones is 1. The maximum Gasteiger partial charge on any atom is 0.395 e. The van der Waals surface area contributed by atoms with E-state index in [2.05, 4.69) is 0 Å². The maximum atomic E-state index is 11.8. The molecule has 1 aliphatic rings. The molecule has 1 saturated heterocycles. The maximum absolute atomic E-state index is 11.8. The van der Waals surface area contributed by atoms with E-state index in [0.29, 0.717) is 26.1 Å². The lowest BCUT2D eigenvalue weighted by molar-refractivity contribution is -0.153. The lowest BCUT2D eigenvalue weighted by Gasteiger charge is -2.21. The van der Waals surface area contributed by atoms with Crippen LogP contribution in [0.2, 0.25) is 0 Å². The van der Waals surface area contributed by atoms with E-state index < -0.39 is 18.4 Å². The molecule has 0 bridgehead atoms. The van der Waals surface area contributed by atoms with Gasteiger partial charge in [-0.15, -0.1) is 0 Å². The highest BCUT2D eigenvalue weighted by molar-refractivity contribution is 5.79. The average molecular weight is 210 g/mol. The highest BCUT2D eigenvalue weighted by Gasteiger charge is 2.32. The van der Waals surface area contributed by atoms with E-state index >= 15 is 0 Å². The molecule has 0 amide bonds. The summed E-state index contributed by atoms with van der Waals surface area (Å²) in [5, 5.41) is 0. The van der Waals surface area contributed by atoms with Crippen LogP contribution in [-0.4, -0.2) is 25.2 Å². The molecule has 1 aliphatic heterocycles. The topological polar surface area (TPSA) is 26.3 Å². The molecule has 0 saturated carbocycles. The van der Waals surface area contributed by atoms with Gasteiger partial charge in [0.05, 0.1) is 0 Å². The third-order valence-electron chi connectivity index (χ3n) is 2.25. The van der Waals surface area contributed by atoms with Crippen LogP contribution in [-0.2, 0) is 9.53 Å². The van der Waals surface area contributed by atoms with Crippen molar-refractivity contribution >= 4 is 5.78 Å². The summed E-state index contributed by atoms with van der Waals surface area (Å²) in [6, 6.07) is 0. The Morgan fingerprint density at radius 3 is 2.36 bits per heavy atom. The molecule has 14 heavy (non-hydrogen) atoms. The van der Waals surface area contributed by atoms with E-state index in [1.165, 1.54) is 0 Å². The Labute approximate surface area is 80.4 Å². The van der Waals surface area contributed by atoms with Crippen molar-refractivity contribution in [2.45, 2.75) is 31.9 Å². The zero-order valence-electron chi connectivity index (χ0n) is 7.77. The third kappa shape index (κ3) is 4.60. The molecule has 0 aromatic rings. The van der Waals surface area contributed by atoms with E-state index in [1.807, 2.05) is 0 Å². The smallest absolute Gasteiger partial charge is 0.381 e. The van der Waals surface area contributed by atoms with Crippen LogP contribution in [0, 0.1) is 5.92 Å². The molecule has 0 aromatic carbocycles. The van der Waals surface area contributed by atoms with Crippen molar-refractivity contribution in [3.8, 4) is 0 Å². The first-order chi connectivity index (χ1) is 6.47. The predicted octanol–water partition coefficient (Wildman–Crippen LogP) is 2.32. The zero-order chi connectivity index (χ0) is 10.6. The van der Waals surface area contributed by atoms with Gasteiger partial charge in [-0.1, -0.05) is 0 Å². The minimum Gasteiger partial charge on any atom is -0.381 e. The largest absolute Gasteiger partial charge is 0.395 e. The molecule has 0 aliphatic carbocycles. The lowest BCUT2D eigenvalue weighted by Crippen LogP contribution is -2.21. The Bertz CT molecular complexity index is 195. The highest BCUT2D eigenvalue weighted by Crippen LogP contribution is 2.24. The Hall–Kier alpha value is -0.580. The van der Waals surface area contributed by atoms with Crippen molar-refractivity contribution < 1.29 is 22.7 Å². The fourth-order valence-corrected chi connectivity index (χ4v) is 1.57. The van der Waals surface area contributed by atoms with Gasteiger partial charge in [0.1, 0.15) is 12.2 Å². The SMILES string of the molecule is O=C(CC1CCOCC1)CC(F)(F)F. The summed E-state index contributed by atoms with van der Waals surface area (Å²) in [5.74, 6) is -0.622. The number of carbonyl (C=O) groups is 1. The van der Waals surface area contributed by atoms with Gasteiger partial charge in [-0.3, -0.25) is 4.79 Å². The standard InChI is InChI=1S/C9H13F3O2/c10-9(11,12)6-8(13)5-7-1-3-14-4-2-7/h7H,1-6H2. The predicted molar refractivity (Wildman–Crippen MR) is 43.8 cm³/mol. The Kier molecular flexibility index (Phi) is 3.92. The number of halogens is 3. The fourth-order valence-electron chi connectivity index (χ4n) is 1.57. The first-order valence-corrected chi connectivity index (χ1v) is 4.63. The monoisotopic (exact) mass is 210 g/mol. The number of hydrogen-bond acceptors (Lipinski definition) is 2. The zero-order valence-corrected chi connectivity index (χ0v) is 7.77. The molecular formula is C9H13F3O2. The van der Waals surface area contributed by atoms with Gasteiger partial charge in [0.2, 0.25) is 0 Å². The molecule has 0 atom stereocenters. The van der Waals surface area contributed by atoms with Crippen LogP contribution in [0.25, 0.3) is 0 Å². The van der Waals surface area contributed by atoms with Crippen LogP contribution in [0.1, 0.15) is 25.7 Å². The van der Waals surface area contributed by atoms with Gasteiger partial charge in [-0.05, 0) is 18.8 Å². The minimum atomic E-state index is -4.36. The molecule has 1 rings (SSSR count). The summed E-state index contributed by atoms with van der Waals surface area (Å²) in [6.45, 7) is 1.12. The van der Waals surface area contributed by atoms with Gasteiger partial charge in [-0.2, -0.15) is 13.2 Å². The molecule has 0 aromatic heterocycles. The van der Waals surface area contributed by atoms with Gasteiger partial charge in [0, 0.05) is 19.6 Å². The summed E-state index contributed by atoms with van der Waals surface area (Å²) < 4.78 is 40.5. The van der Waals surface area contributed by atoms with E-state index in [1.54, 1.807) is 0 Å². The Morgan fingerprint density at radius 2 is 1.86 bits per heavy atom. The Balaban J connectivity index is 2.25. The molecule has 0 unspecified atom stereocenters. The molecule has 0 radical (unpaired) electrons. The molecular weight excluding hydrogens is 197 g/mol. The molecule has 2 nitrogen and oxygen atoms in total. The van der Waals surface area contributed by atoms with Crippen molar-refractivity contribution in [3.63, 3.8) is 0 Å². The number of alkyl halides is 3. The van der Waals surface area contributed by atoms with Crippen LogP contribution in [0.15, 0.2) is 0 Å². The number of ether oxygens (including phenoxy) is 1. The number of Topliss-reactive ketones (excluding diaryl/α,β-unsaturated/α-hetero) is 1. The van der Waals surface area contributed by atoms with Gasteiger partial charge in [0.25, 0.3) is 0 Å². The summed E-state index contributed by atoms with van der Waals surface area (Å²) >= 11 is 0. The molecule has 0 N–H and O–H groups in total. The highest BCUT2D eigenvalue weighted by atomic mass is 19.4. The average Bonchev–Trinajstić information content (AvgIpc) is 2.02. The first kappa shape index (κ1) is 11.5. The quantitative estimate of drug-likeness (QED) is 0.714. The van der Waals surface area contributed by atoms with Crippen LogP contribution in [0.3, 0.4) is 0 Å². The molecule has 1 fully saturated rings. The van der Waals surface area contributed by atoms with Crippen LogP contribution < -0.4 is 0 Å². The van der Waals surface area contributed by atoms with Crippen molar-refractivity contribution in [2.75, 3.05) is 13.2 Å². The van der Waals surface area contributed by atoms with E-state index in [9.17, 15) is 18.0 Å². The summed E-state index contributed by atoms with van der Waals surface area (Å²) in [5.41, 5.74) is 0. The van der Waals surface area contributed by atoms with Gasteiger partial charge in [-0.25, -0.2) is 0 Å². The second-order valence-electron chi connectivity index (χ2n) is 3.59. The van der Waals surface area contributed by atoms with Gasteiger partial charge >= 0.3 is 6.18 Å². The normalized spacial score (nSPS) is 19.6. The summed E-state index contributed by atoms with van der Waals surface area (Å²) in [6.07, 6.45) is -4.21. The molecule has 5 heteroatoms. The minimum absolute atomic E-state index is 0.0445. The van der Waals surface area contributed by atoms with E-state index in [4.69, 9.17) is 4.74 Å². The van der Waals surface area contributed by atoms with Crippen molar-refractivity contribution in [2.24, 2.45) is 5.92 Å². The summed E-state index contributed by atoms with van der Waals surface area (Å²) in [7, 11) is 0. The number of rotatable bonds is 3.